The molecular formula is C9H18N2S2. The highest BCUT2D eigenvalue weighted by atomic mass is 32.2. The number of thioether (sulfide) groups is 1. The van der Waals surface area contributed by atoms with Crippen LogP contribution in [0.5, 0.6) is 0 Å². The average Bonchev–Trinajstić information content (AvgIpc) is 2.53. The van der Waals surface area contributed by atoms with Gasteiger partial charge in [-0.05, 0) is 26.1 Å². The second-order valence-corrected chi connectivity index (χ2v) is 5.38. The molecular weight excluding hydrogens is 200 g/mol. The number of hydrogen-bond donors (Lipinski definition) is 1. The maximum absolute atomic E-state index is 5.53. The lowest BCUT2D eigenvalue weighted by Crippen LogP contribution is -2.40. The van der Waals surface area contributed by atoms with E-state index in [1.807, 2.05) is 11.8 Å². The fourth-order valence-corrected chi connectivity index (χ4v) is 3.16. The van der Waals surface area contributed by atoms with Gasteiger partial charge in [0.2, 0.25) is 0 Å². The van der Waals surface area contributed by atoms with Crippen molar-refractivity contribution in [2.75, 3.05) is 18.6 Å². The summed E-state index contributed by atoms with van der Waals surface area (Å²) in [6.45, 7) is 2.20. The Kier molecular flexibility index (Phi) is 4.49. The van der Waals surface area contributed by atoms with Crippen molar-refractivity contribution in [3.8, 4) is 0 Å². The van der Waals surface area contributed by atoms with Gasteiger partial charge in [0.05, 0.1) is 4.99 Å². The van der Waals surface area contributed by atoms with Crippen molar-refractivity contribution in [3.05, 3.63) is 0 Å². The summed E-state index contributed by atoms with van der Waals surface area (Å²) in [6, 6.07) is 1.22. The van der Waals surface area contributed by atoms with Crippen LogP contribution >= 0.6 is 24.0 Å². The molecule has 0 aromatic carbocycles. The molecule has 0 bridgehead atoms. The largest absolute Gasteiger partial charge is 0.393 e. The molecule has 0 aromatic rings. The van der Waals surface area contributed by atoms with Crippen LogP contribution in [-0.4, -0.2) is 40.5 Å². The van der Waals surface area contributed by atoms with Crippen molar-refractivity contribution < 1.29 is 0 Å². The molecule has 76 valence electrons. The number of nitrogens with zero attached hydrogens (tertiary/aromatic N) is 1. The highest BCUT2D eigenvalue weighted by molar-refractivity contribution is 7.99. The van der Waals surface area contributed by atoms with Gasteiger partial charge in [-0.1, -0.05) is 12.2 Å². The summed E-state index contributed by atoms with van der Waals surface area (Å²) >= 11 is 6.95. The maximum atomic E-state index is 5.53. The molecule has 0 aromatic heterocycles. The van der Waals surface area contributed by atoms with E-state index in [9.17, 15) is 0 Å². The van der Waals surface area contributed by atoms with E-state index in [-0.39, 0.29) is 0 Å². The SMILES string of the molecule is CC(CC(N)=S)N(C)C1CCSC1. The Balaban J connectivity index is 2.36. The first-order chi connectivity index (χ1) is 6.11. The van der Waals surface area contributed by atoms with Crippen LogP contribution in [0, 0.1) is 0 Å². The van der Waals surface area contributed by atoms with Crippen LogP contribution in [-0.2, 0) is 0 Å². The fraction of sp³-hybridized carbons (Fsp3) is 0.889. The van der Waals surface area contributed by atoms with Crippen LogP contribution in [0.4, 0.5) is 0 Å². The van der Waals surface area contributed by atoms with Crippen molar-refractivity contribution >= 4 is 29.0 Å². The predicted octanol–water partition coefficient (Wildman–Crippen LogP) is 1.49. The van der Waals surface area contributed by atoms with Gasteiger partial charge in [0.1, 0.15) is 0 Å². The number of thiocarbonyl (C=S) groups is 1. The Labute approximate surface area is 90.2 Å². The molecule has 1 heterocycles. The summed E-state index contributed by atoms with van der Waals surface area (Å²) < 4.78 is 0. The normalized spacial score (nSPS) is 25.0. The van der Waals surface area contributed by atoms with Gasteiger partial charge in [-0.25, -0.2) is 0 Å². The Bertz CT molecular complexity index is 178. The minimum atomic E-state index is 0.487. The van der Waals surface area contributed by atoms with E-state index in [0.29, 0.717) is 11.0 Å². The van der Waals surface area contributed by atoms with Crippen LogP contribution in [0.1, 0.15) is 19.8 Å². The minimum Gasteiger partial charge on any atom is -0.393 e. The Morgan fingerprint density at radius 1 is 1.77 bits per heavy atom. The molecule has 0 aliphatic carbocycles. The summed E-state index contributed by atoms with van der Waals surface area (Å²) in [6.07, 6.45) is 2.15. The molecule has 0 saturated carbocycles. The first kappa shape index (κ1) is 11.3. The standard InChI is InChI=1S/C9H18N2S2/c1-7(5-9(10)12)11(2)8-3-4-13-6-8/h7-8H,3-6H2,1-2H3,(H2,10,12). The summed E-state index contributed by atoms with van der Waals surface area (Å²) in [5.41, 5.74) is 5.53. The summed E-state index contributed by atoms with van der Waals surface area (Å²) in [5.74, 6) is 2.56. The van der Waals surface area contributed by atoms with E-state index >= 15 is 0 Å². The van der Waals surface area contributed by atoms with Crippen molar-refractivity contribution in [1.82, 2.24) is 4.90 Å². The molecule has 0 spiro atoms. The van der Waals surface area contributed by atoms with Gasteiger partial charge in [-0.2, -0.15) is 11.8 Å². The highest BCUT2D eigenvalue weighted by Crippen LogP contribution is 2.23. The molecule has 0 amide bonds. The van der Waals surface area contributed by atoms with Gasteiger partial charge >= 0.3 is 0 Å². The van der Waals surface area contributed by atoms with Crippen molar-refractivity contribution in [2.45, 2.75) is 31.8 Å². The number of nitrogens with two attached hydrogens (primary N) is 1. The van der Waals surface area contributed by atoms with Gasteiger partial charge < -0.3 is 5.73 Å². The van der Waals surface area contributed by atoms with Gasteiger partial charge in [0.15, 0.2) is 0 Å². The molecule has 4 heteroatoms. The molecule has 2 N–H and O–H groups in total. The van der Waals surface area contributed by atoms with Crippen LogP contribution in [0.15, 0.2) is 0 Å². The topological polar surface area (TPSA) is 29.3 Å². The van der Waals surface area contributed by atoms with E-state index in [2.05, 4.69) is 18.9 Å². The van der Waals surface area contributed by atoms with Crippen LogP contribution in [0.2, 0.25) is 0 Å². The third-order valence-corrected chi connectivity index (χ3v) is 3.98. The second kappa shape index (κ2) is 5.17. The van der Waals surface area contributed by atoms with E-state index in [4.69, 9.17) is 18.0 Å². The van der Waals surface area contributed by atoms with Gasteiger partial charge in [0, 0.05) is 24.3 Å². The molecule has 1 aliphatic rings. The highest BCUT2D eigenvalue weighted by Gasteiger charge is 2.23. The lowest BCUT2D eigenvalue weighted by atomic mass is 10.1. The summed E-state index contributed by atoms with van der Waals surface area (Å²) in [7, 11) is 2.18. The van der Waals surface area contributed by atoms with E-state index in [1.165, 1.54) is 17.9 Å². The molecule has 0 radical (unpaired) electrons. The molecule has 1 fully saturated rings. The first-order valence-electron chi connectivity index (χ1n) is 4.69. The summed E-state index contributed by atoms with van der Waals surface area (Å²) in [4.78, 5) is 3.05. The third kappa shape index (κ3) is 3.44. The lowest BCUT2D eigenvalue weighted by Gasteiger charge is -2.29. The molecule has 1 saturated heterocycles. The molecule has 2 nitrogen and oxygen atoms in total. The molecule has 2 atom stereocenters. The van der Waals surface area contributed by atoms with E-state index in [1.54, 1.807) is 0 Å². The minimum absolute atomic E-state index is 0.487. The smallest absolute Gasteiger partial charge is 0.0742 e. The predicted molar refractivity (Wildman–Crippen MR) is 64.4 cm³/mol. The number of rotatable bonds is 4. The van der Waals surface area contributed by atoms with Crippen molar-refractivity contribution in [3.63, 3.8) is 0 Å². The van der Waals surface area contributed by atoms with Crippen LogP contribution in [0.3, 0.4) is 0 Å². The van der Waals surface area contributed by atoms with Crippen molar-refractivity contribution in [2.24, 2.45) is 5.73 Å². The third-order valence-electron chi connectivity index (χ3n) is 2.67. The molecule has 13 heavy (non-hydrogen) atoms. The van der Waals surface area contributed by atoms with E-state index in [0.717, 1.165) is 12.5 Å². The first-order valence-corrected chi connectivity index (χ1v) is 6.25. The number of hydrogen-bond acceptors (Lipinski definition) is 3. The quantitative estimate of drug-likeness (QED) is 0.724. The van der Waals surface area contributed by atoms with Crippen LogP contribution in [0.25, 0.3) is 0 Å². The Morgan fingerprint density at radius 3 is 2.92 bits per heavy atom. The van der Waals surface area contributed by atoms with Gasteiger partial charge in [0.25, 0.3) is 0 Å². The van der Waals surface area contributed by atoms with Crippen molar-refractivity contribution in [1.29, 1.82) is 0 Å². The van der Waals surface area contributed by atoms with E-state index < -0.39 is 0 Å². The van der Waals surface area contributed by atoms with Gasteiger partial charge in [-0.15, -0.1) is 0 Å². The monoisotopic (exact) mass is 218 g/mol. The maximum Gasteiger partial charge on any atom is 0.0742 e. The molecule has 1 aliphatic heterocycles. The average molecular weight is 218 g/mol. The molecule has 2 unspecified atom stereocenters. The Hall–Kier alpha value is 0.200. The van der Waals surface area contributed by atoms with Gasteiger partial charge in [-0.3, -0.25) is 4.90 Å². The van der Waals surface area contributed by atoms with Crippen LogP contribution < -0.4 is 5.73 Å². The summed E-state index contributed by atoms with van der Waals surface area (Å²) in [5, 5.41) is 0. The fourth-order valence-electron chi connectivity index (χ4n) is 1.64. The zero-order valence-electron chi connectivity index (χ0n) is 8.32. The zero-order chi connectivity index (χ0) is 9.84. The lowest BCUT2D eigenvalue weighted by molar-refractivity contribution is 0.204. The zero-order valence-corrected chi connectivity index (χ0v) is 9.96. The molecule has 1 rings (SSSR count). The second-order valence-electron chi connectivity index (χ2n) is 3.70. The Morgan fingerprint density at radius 2 is 2.46 bits per heavy atom.